The van der Waals surface area contributed by atoms with Crippen LogP contribution in [-0.2, 0) is 26.3 Å². The van der Waals surface area contributed by atoms with Crippen LogP contribution in [0.15, 0.2) is 35.5 Å². The Bertz CT molecular complexity index is 1310. The minimum atomic E-state index is -1.84. The Hall–Kier alpha value is -3.24. The van der Waals surface area contributed by atoms with Gasteiger partial charge in [-0.15, -0.1) is 29.3 Å². The molecule has 1 saturated heterocycles. The van der Waals surface area contributed by atoms with Gasteiger partial charge in [0.2, 0.25) is 5.91 Å². The largest absolute Gasteiger partial charge is 0.379 e. The first kappa shape index (κ1) is 28.3. The molecule has 196 valence electrons. The summed E-state index contributed by atoms with van der Waals surface area (Å²) in [6.45, 7) is 1.48. The van der Waals surface area contributed by atoms with Gasteiger partial charge in [-0.05, 0) is 17.4 Å². The standard InChI is InChI=1S/C21H21N7O6S2.ClH/c1-9(22)16(30)10-5-3-4-6-11(10)17(31)20(32)24-34-21(33)15-12(8-36-14-7-13(29)28(14)15)18(35)19-23-25-26-27(19)2;/h3-6,9,14,17,31H,7-8,22H2,1-2H3,(H,24,32);1H/t9-,14-,17?;/m0./s1. The van der Waals surface area contributed by atoms with Gasteiger partial charge >= 0.3 is 5.97 Å². The number of nitrogens with zero attached hydrogens (tertiary/aromatic N) is 5. The van der Waals surface area contributed by atoms with Gasteiger partial charge in [0.1, 0.15) is 5.70 Å². The van der Waals surface area contributed by atoms with E-state index in [9.17, 15) is 24.3 Å². The summed E-state index contributed by atoms with van der Waals surface area (Å²) in [5, 5.41) is 21.4. The monoisotopic (exact) mass is 567 g/mol. The second-order valence-corrected chi connectivity index (χ2v) is 9.59. The topological polar surface area (TPSA) is 183 Å². The molecular formula is C21H22ClN7O6S2. The van der Waals surface area contributed by atoms with Gasteiger partial charge in [0.15, 0.2) is 17.7 Å². The summed E-state index contributed by atoms with van der Waals surface area (Å²) in [6.07, 6.45) is -1.60. The predicted molar refractivity (Wildman–Crippen MR) is 136 cm³/mol. The SMILES string of the molecule is C[C@H](N)C(=O)c1ccccc1C(O)C(=O)NOC(=O)C1=C(C(=S)c2nnnn2C)CS[C@H]2CC(=O)N12.Cl. The van der Waals surface area contributed by atoms with Gasteiger partial charge in [-0.3, -0.25) is 19.3 Å². The number of benzene rings is 1. The fourth-order valence-electron chi connectivity index (χ4n) is 3.68. The molecule has 2 aliphatic heterocycles. The van der Waals surface area contributed by atoms with Crippen LogP contribution in [-0.4, -0.2) is 75.8 Å². The Morgan fingerprint density at radius 2 is 2.03 bits per heavy atom. The summed E-state index contributed by atoms with van der Waals surface area (Å²) >= 11 is 6.90. The molecule has 0 aliphatic carbocycles. The Balaban J connectivity index is 0.00000380. The van der Waals surface area contributed by atoms with Gasteiger partial charge in [0, 0.05) is 29.5 Å². The van der Waals surface area contributed by atoms with Gasteiger partial charge in [0.05, 0.1) is 22.7 Å². The van der Waals surface area contributed by atoms with E-state index < -0.39 is 29.8 Å². The van der Waals surface area contributed by atoms with Crippen LogP contribution >= 0.6 is 36.4 Å². The molecule has 1 unspecified atom stereocenters. The number of hydrogen-bond acceptors (Lipinski definition) is 12. The Kier molecular flexibility index (Phi) is 8.76. The van der Waals surface area contributed by atoms with Gasteiger partial charge in [-0.25, -0.2) is 9.48 Å². The first-order valence-electron chi connectivity index (χ1n) is 10.6. The normalized spacial score (nSPS) is 18.1. The number of Topliss-reactive ketones (excluding diaryl/α,β-unsaturated/α-hetero) is 1. The molecule has 4 N–H and O–H groups in total. The zero-order valence-electron chi connectivity index (χ0n) is 19.5. The summed E-state index contributed by atoms with van der Waals surface area (Å²) in [5.74, 6) is -2.45. The zero-order chi connectivity index (χ0) is 26.1. The van der Waals surface area contributed by atoms with E-state index in [0.717, 1.165) is 0 Å². The van der Waals surface area contributed by atoms with Crippen LogP contribution in [0.3, 0.4) is 0 Å². The van der Waals surface area contributed by atoms with Crippen molar-refractivity contribution < 1.29 is 29.1 Å². The second kappa shape index (κ2) is 11.4. The molecule has 16 heteroatoms. The first-order valence-corrected chi connectivity index (χ1v) is 12.1. The average Bonchev–Trinajstić information content (AvgIpc) is 3.30. The fraction of sp³-hybridized carbons (Fsp3) is 0.333. The van der Waals surface area contributed by atoms with E-state index >= 15 is 0 Å². The molecule has 13 nitrogen and oxygen atoms in total. The van der Waals surface area contributed by atoms with Crippen molar-refractivity contribution in [3.8, 4) is 0 Å². The number of halogens is 1. The number of aryl methyl sites for hydroxylation is 1. The molecule has 1 aromatic heterocycles. The summed E-state index contributed by atoms with van der Waals surface area (Å²) in [4.78, 5) is 56.7. The molecule has 2 aromatic rings. The lowest BCUT2D eigenvalue weighted by atomic mass is 9.96. The third-order valence-electron chi connectivity index (χ3n) is 5.57. The summed E-state index contributed by atoms with van der Waals surface area (Å²) in [7, 11) is 1.57. The van der Waals surface area contributed by atoms with Crippen LogP contribution in [0.2, 0.25) is 0 Å². The molecule has 2 aliphatic rings. The maximum atomic E-state index is 13.1. The van der Waals surface area contributed by atoms with Crippen LogP contribution in [0, 0.1) is 0 Å². The number of carbonyl (C=O) groups excluding carboxylic acids is 4. The van der Waals surface area contributed by atoms with Crippen molar-refractivity contribution in [2.45, 2.75) is 30.9 Å². The van der Waals surface area contributed by atoms with Gasteiger partial charge in [0.25, 0.3) is 5.91 Å². The number of rotatable bonds is 7. The lowest BCUT2D eigenvalue weighted by Crippen LogP contribution is -2.55. The van der Waals surface area contributed by atoms with E-state index in [1.54, 1.807) is 13.1 Å². The lowest BCUT2D eigenvalue weighted by Gasteiger charge is -2.44. The number of hydroxylamine groups is 1. The molecule has 4 rings (SSSR count). The molecule has 1 fully saturated rings. The average molecular weight is 568 g/mol. The highest BCUT2D eigenvalue weighted by molar-refractivity contribution is 8.00. The number of carbonyl (C=O) groups is 4. The number of ketones is 1. The first-order chi connectivity index (χ1) is 17.1. The molecule has 3 atom stereocenters. The summed E-state index contributed by atoms with van der Waals surface area (Å²) < 4.78 is 1.33. The van der Waals surface area contributed by atoms with Crippen LogP contribution in [0.5, 0.6) is 0 Å². The molecule has 2 amide bonds. The zero-order valence-corrected chi connectivity index (χ0v) is 21.9. The van der Waals surface area contributed by atoms with Crippen molar-refractivity contribution >= 4 is 64.8 Å². The molecular weight excluding hydrogens is 546 g/mol. The van der Waals surface area contributed by atoms with Crippen LogP contribution < -0.4 is 11.2 Å². The van der Waals surface area contributed by atoms with Crippen LogP contribution in [0.1, 0.15) is 41.2 Å². The number of aromatic nitrogens is 4. The molecule has 1 aromatic carbocycles. The number of aliphatic hydroxyl groups is 1. The van der Waals surface area contributed by atoms with E-state index in [4.69, 9.17) is 22.8 Å². The number of thiocarbonyl (C=S) groups is 1. The molecule has 3 heterocycles. The number of hydrogen-bond donors (Lipinski definition) is 3. The van der Waals surface area contributed by atoms with Gasteiger partial charge in [-0.1, -0.05) is 36.5 Å². The minimum absolute atomic E-state index is 0. The Morgan fingerprint density at radius 3 is 2.65 bits per heavy atom. The van der Waals surface area contributed by atoms with Gasteiger partial charge < -0.3 is 15.7 Å². The van der Waals surface area contributed by atoms with Crippen molar-refractivity contribution in [2.24, 2.45) is 12.8 Å². The van der Waals surface area contributed by atoms with Crippen LogP contribution in [0.25, 0.3) is 0 Å². The quantitative estimate of drug-likeness (QED) is 0.173. The molecule has 0 radical (unpaired) electrons. The molecule has 0 saturated carbocycles. The number of nitrogens with two attached hydrogens (primary N) is 1. The number of amides is 2. The Labute approximate surface area is 226 Å². The van der Waals surface area contributed by atoms with E-state index in [1.807, 2.05) is 5.48 Å². The van der Waals surface area contributed by atoms with Crippen LogP contribution in [0.4, 0.5) is 0 Å². The highest BCUT2D eigenvalue weighted by Gasteiger charge is 2.47. The maximum absolute atomic E-state index is 13.1. The number of thioether (sulfide) groups is 1. The van der Waals surface area contributed by atoms with E-state index in [1.165, 1.54) is 46.5 Å². The number of β-lactam (4-membered cyclic amide) rings is 1. The Morgan fingerprint density at radius 1 is 1.32 bits per heavy atom. The van der Waals surface area contributed by atoms with Crippen molar-refractivity contribution in [3.63, 3.8) is 0 Å². The number of fused-ring (bicyclic) bond motifs is 1. The maximum Gasteiger partial charge on any atom is 0.379 e. The minimum Gasteiger partial charge on any atom is -0.378 e. The number of tetrazole rings is 1. The molecule has 37 heavy (non-hydrogen) atoms. The third kappa shape index (κ3) is 5.40. The molecule has 0 spiro atoms. The third-order valence-corrected chi connectivity index (χ3v) is 7.22. The fourth-order valence-corrected chi connectivity index (χ4v) is 5.39. The summed E-state index contributed by atoms with van der Waals surface area (Å²) in [6, 6.07) is 5.05. The van der Waals surface area contributed by atoms with E-state index in [-0.39, 0.29) is 63.4 Å². The highest BCUT2D eigenvalue weighted by atomic mass is 35.5. The van der Waals surface area contributed by atoms with Gasteiger partial charge in [-0.2, -0.15) is 5.48 Å². The lowest BCUT2D eigenvalue weighted by molar-refractivity contribution is -0.162. The predicted octanol–water partition coefficient (Wildman–Crippen LogP) is -0.253. The van der Waals surface area contributed by atoms with Crippen molar-refractivity contribution in [2.75, 3.05) is 5.75 Å². The highest BCUT2D eigenvalue weighted by Crippen LogP contribution is 2.41. The molecule has 0 bridgehead atoms. The van der Waals surface area contributed by atoms with Crippen molar-refractivity contribution in [1.82, 2.24) is 30.6 Å². The van der Waals surface area contributed by atoms with Crippen molar-refractivity contribution in [1.29, 1.82) is 0 Å². The van der Waals surface area contributed by atoms with Crippen molar-refractivity contribution in [3.05, 3.63) is 52.5 Å². The number of nitrogens with one attached hydrogen (secondary N) is 1. The summed E-state index contributed by atoms with van der Waals surface area (Å²) in [5.41, 5.74) is 7.78. The second-order valence-electron chi connectivity index (χ2n) is 8.01. The van der Waals surface area contributed by atoms with E-state index in [2.05, 4.69) is 15.5 Å². The smallest absolute Gasteiger partial charge is 0.378 e. The van der Waals surface area contributed by atoms with E-state index in [0.29, 0.717) is 5.57 Å². The number of aliphatic hydroxyl groups excluding tert-OH is 1.